The number of hydrogen-bond acceptors (Lipinski definition) is 5. The van der Waals surface area contributed by atoms with E-state index in [0.29, 0.717) is 12.3 Å². The summed E-state index contributed by atoms with van der Waals surface area (Å²) in [6.07, 6.45) is 3.74. The second-order valence-corrected chi connectivity index (χ2v) is 3.28. The largest absolute Gasteiger partial charge is 0.461 e. The average Bonchev–Trinajstić information content (AvgIpc) is 2.79. The van der Waals surface area contributed by atoms with Crippen molar-refractivity contribution in [1.82, 2.24) is 9.97 Å². The molecule has 2 heterocycles. The van der Waals surface area contributed by atoms with Crippen LogP contribution >= 0.6 is 0 Å². The van der Waals surface area contributed by atoms with Crippen molar-refractivity contribution in [3.8, 4) is 12.1 Å². The van der Waals surface area contributed by atoms with E-state index >= 15 is 0 Å². The summed E-state index contributed by atoms with van der Waals surface area (Å²) in [6.45, 7) is 1.25. The van der Waals surface area contributed by atoms with Gasteiger partial charge in [-0.15, -0.1) is 0 Å². The van der Waals surface area contributed by atoms with Crippen LogP contribution in [0.4, 0.5) is 0 Å². The van der Waals surface area contributed by atoms with Gasteiger partial charge in [-0.1, -0.05) is 0 Å². The number of nitrogens with zero attached hydrogens (tertiary/aromatic N) is 3. The number of nitriles is 1. The zero-order chi connectivity index (χ0) is 10.5. The molecule has 1 aliphatic rings. The summed E-state index contributed by atoms with van der Waals surface area (Å²) in [6, 6.07) is 3.71. The van der Waals surface area contributed by atoms with Gasteiger partial charge in [0.05, 0.1) is 6.10 Å². The van der Waals surface area contributed by atoms with Crippen molar-refractivity contribution in [3.05, 3.63) is 18.0 Å². The predicted octanol–water partition coefficient (Wildman–Crippen LogP) is 0.906. The van der Waals surface area contributed by atoms with E-state index in [1.807, 2.05) is 6.07 Å². The van der Waals surface area contributed by atoms with Gasteiger partial charge in [-0.3, -0.25) is 0 Å². The maximum atomic E-state index is 8.62. The molecule has 1 unspecified atom stereocenters. The molecule has 5 nitrogen and oxygen atoms in total. The molecule has 1 aromatic rings. The maximum Gasteiger partial charge on any atom is 0.317 e. The fourth-order valence-corrected chi connectivity index (χ4v) is 1.42. The summed E-state index contributed by atoms with van der Waals surface area (Å²) in [5, 5.41) is 8.62. The first-order valence-corrected chi connectivity index (χ1v) is 4.86. The predicted molar refractivity (Wildman–Crippen MR) is 51.2 cm³/mol. The monoisotopic (exact) mass is 205 g/mol. The summed E-state index contributed by atoms with van der Waals surface area (Å²) in [4.78, 5) is 7.81. The first-order chi connectivity index (χ1) is 7.38. The molecule has 0 amide bonds. The van der Waals surface area contributed by atoms with Crippen molar-refractivity contribution in [2.75, 3.05) is 13.2 Å². The fraction of sp³-hybridized carbons (Fsp3) is 0.500. The molecule has 1 aromatic heterocycles. The molecule has 78 valence electrons. The van der Waals surface area contributed by atoms with Crippen molar-refractivity contribution in [1.29, 1.82) is 5.26 Å². The Morgan fingerprint density at radius 3 is 3.33 bits per heavy atom. The Morgan fingerprint density at radius 2 is 2.60 bits per heavy atom. The van der Waals surface area contributed by atoms with Gasteiger partial charge < -0.3 is 9.47 Å². The van der Waals surface area contributed by atoms with E-state index in [1.165, 1.54) is 6.20 Å². The summed E-state index contributed by atoms with van der Waals surface area (Å²) < 4.78 is 10.7. The number of aromatic nitrogens is 2. The molecule has 2 rings (SSSR count). The lowest BCUT2D eigenvalue weighted by Crippen LogP contribution is -2.17. The van der Waals surface area contributed by atoms with E-state index < -0.39 is 0 Å². The molecule has 0 aromatic carbocycles. The van der Waals surface area contributed by atoms with Gasteiger partial charge in [0.1, 0.15) is 18.4 Å². The smallest absolute Gasteiger partial charge is 0.317 e. The Balaban J connectivity index is 1.90. The normalized spacial score (nSPS) is 19.8. The van der Waals surface area contributed by atoms with Crippen LogP contribution in [0.5, 0.6) is 6.01 Å². The lowest BCUT2D eigenvalue weighted by molar-refractivity contribution is 0.0645. The Kier molecular flexibility index (Phi) is 3.10. The lowest BCUT2D eigenvalue weighted by Gasteiger charge is -2.09. The molecule has 1 fully saturated rings. The topological polar surface area (TPSA) is 68.0 Å². The fourth-order valence-electron chi connectivity index (χ4n) is 1.42. The zero-order valence-corrected chi connectivity index (χ0v) is 8.22. The molecule has 5 heteroatoms. The Hall–Kier alpha value is -1.67. The highest BCUT2D eigenvalue weighted by molar-refractivity contribution is 5.19. The molecular weight excluding hydrogens is 194 g/mol. The van der Waals surface area contributed by atoms with Crippen LogP contribution in [0.15, 0.2) is 12.3 Å². The molecule has 1 atom stereocenters. The maximum absolute atomic E-state index is 8.62. The van der Waals surface area contributed by atoms with Crippen LogP contribution < -0.4 is 4.74 Å². The second-order valence-electron chi connectivity index (χ2n) is 3.28. The van der Waals surface area contributed by atoms with Crippen molar-refractivity contribution in [3.63, 3.8) is 0 Å². The standard InChI is InChI=1S/C10H11N3O2/c11-6-8-3-4-12-10(13-8)15-7-9-2-1-5-14-9/h3-4,9H,1-2,5,7H2. The van der Waals surface area contributed by atoms with Crippen molar-refractivity contribution in [2.45, 2.75) is 18.9 Å². The van der Waals surface area contributed by atoms with E-state index in [9.17, 15) is 0 Å². The van der Waals surface area contributed by atoms with E-state index in [1.54, 1.807) is 6.07 Å². The van der Waals surface area contributed by atoms with Gasteiger partial charge in [0.15, 0.2) is 0 Å². The van der Waals surface area contributed by atoms with Crippen LogP contribution in [0, 0.1) is 11.3 Å². The van der Waals surface area contributed by atoms with E-state index in [0.717, 1.165) is 19.4 Å². The molecule has 1 aliphatic heterocycles. The highest BCUT2D eigenvalue weighted by atomic mass is 16.5. The van der Waals surface area contributed by atoms with Gasteiger partial charge in [-0.05, 0) is 18.9 Å². The molecule has 0 N–H and O–H groups in total. The molecule has 0 radical (unpaired) electrons. The molecule has 1 saturated heterocycles. The summed E-state index contributed by atoms with van der Waals surface area (Å²) in [7, 11) is 0. The van der Waals surface area contributed by atoms with Gasteiger partial charge in [0.2, 0.25) is 0 Å². The van der Waals surface area contributed by atoms with Crippen LogP contribution in [-0.4, -0.2) is 29.3 Å². The second kappa shape index (κ2) is 4.71. The molecule has 0 aliphatic carbocycles. The van der Waals surface area contributed by atoms with Crippen molar-refractivity contribution in [2.24, 2.45) is 0 Å². The van der Waals surface area contributed by atoms with Crippen LogP contribution in [-0.2, 0) is 4.74 Å². The molecule has 15 heavy (non-hydrogen) atoms. The van der Waals surface area contributed by atoms with Crippen LogP contribution in [0.2, 0.25) is 0 Å². The Bertz CT molecular complexity index is 369. The van der Waals surface area contributed by atoms with E-state index in [-0.39, 0.29) is 12.1 Å². The molecule has 0 saturated carbocycles. The van der Waals surface area contributed by atoms with Crippen LogP contribution in [0.25, 0.3) is 0 Å². The quantitative estimate of drug-likeness (QED) is 0.733. The van der Waals surface area contributed by atoms with Crippen LogP contribution in [0.3, 0.4) is 0 Å². The lowest BCUT2D eigenvalue weighted by atomic mass is 10.2. The minimum Gasteiger partial charge on any atom is -0.461 e. The highest BCUT2D eigenvalue weighted by Crippen LogP contribution is 2.13. The van der Waals surface area contributed by atoms with Gasteiger partial charge in [-0.25, -0.2) is 4.98 Å². The van der Waals surface area contributed by atoms with Gasteiger partial charge >= 0.3 is 6.01 Å². The van der Waals surface area contributed by atoms with Crippen LogP contribution in [0.1, 0.15) is 18.5 Å². The van der Waals surface area contributed by atoms with E-state index in [2.05, 4.69) is 9.97 Å². The minimum atomic E-state index is 0.138. The van der Waals surface area contributed by atoms with Crippen molar-refractivity contribution < 1.29 is 9.47 Å². The highest BCUT2D eigenvalue weighted by Gasteiger charge is 2.16. The summed E-state index contributed by atoms with van der Waals surface area (Å²) in [5.41, 5.74) is 0.312. The number of hydrogen-bond donors (Lipinski definition) is 0. The third kappa shape index (κ3) is 2.64. The Morgan fingerprint density at radius 1 is 1.67 bits per heavy atom. The van der Waals surface area contributed by atoms with Gasteiger partial charge in [0, 0.05) is 12.8 Å². The van der Waals surface area contributed by atoms with Crippen molar-refractivity contribution >= 4 is 0 Å². The first-order valence-electron chi connectivity index (χ1n) is 4.86. The summed E-state index contributed by atoms with van der Waals surface area (Å²) in [5.74, 6) is 0. The average molecular weight is 205 g/mol. The summed E-state index contributed by atoms with van der Waals surface area (Å²) >= 11 is 0. The zero-order valence-electron chi connectivity index (χ0n) is 8.22. The van der Waals surface area contributed by atoms with Gasteiger partial charge in [-0.2, -0.15) is 10.2 Å². The third-order valence-electron chi connectivity index (χ3n) is 2.17. The molecular formula is C10H11N3O2. The molecule has 0 bridgehead atoms. The Labute approximate surface area is 87.7 Å². The number of ether oxygens (including phenoxy) is 2. The SMILES string of the molecule is N#Cc1ccnc(OCC2CCCO2)n1. The molecule has 0 spiro atoms. The minimum absolute atomic E-state index is 0.138. The van der Waals surface area contributed by atoms with E-state index in [4.69, 9.17) is 14.7 Å². The number of rotatable bonds is 3. The first kappa shape index (κ1) is 9.87. The third-order valence-corrected chi connectivity index (χ3v) is 2.17. The van der Waals surface area contributed by atoms with Gasteiger partial charge in [0.25, 0.3) is 0 Å².